The number of aliphatic hydroxyl groups is 1. The average molecular weight is 336 g/mol. The summed E-state index contributed by atoms with van der Waals surface area (Å²) in [5.41, 5.74) is -3.78. The number of hydrogen-bond acceptors (Lipinski definition) is 5. The summed E-state index contributed by atoms with van der Waals surface area (Å²) in [6.07, 6.45) is -5.30. The Morgan fingerprint density at radius 3 is 2.61 bits per heavy atom. The molecule has 0 unspecified atom stereocenters. The normalized spacial score (nSPS) is 28.0. The summed E-state index contributed by atoms with van der Waals surface area (Å²) in [5.74, 6) is -3.23. The number of alkyl halides is 3. The SMILES string of the molecule is CCOC(=O)[C@H]1[C@H](c2ccc(C)o2)NC(=O)N[C@]1(O)C(F)(F)F. The molecule has 0 bridgehead atoms. The van der Waals surface area contributed by atoms with E-state index in [2.05, 4.69) is 10.1 Å². The molecule has 1 aliphatic heterocycles. The number of nitrogens with one attached hydrogen (secondary N) is 2. The van der Waals surface area contributed by atoms with Crippen molar-refractivity contribution >= 4 is 12.0 Å². The molecule has 1 fully saturated rings. The lowest BCUT2D eigenvalue weighted by Gasteiger charge is -2.43. The molecular formula is C13H15F3N2O5. The first-order chi connectivity index (χ1) is 10.6. The van der Waals surface area contributed by atoms with Gasteiger partial charge >= 0.3 is 18.2 Å². The fourth-order valence-corrected chi connectivity index (χ4v) is 2.39. The molecule has 1 aromatic heterocycles. The van der Waals surface area contributed by atoms with Gasteiger partial charge in [-0.3, -0.25) is 4.79 Å². The fourth-order valence-electron chi connectivity index (χ4n) is 2.39. The van der Waals surface area contributed by atoms with Crippen molar-refractivity contribution in [3.8, 4) is 0 Å². The maximum atomic E-state index is 13.3. The van der Waals surface area contributed by atoms with Crippen molar-refractivity contribution < 1.29 is 37.0 Å². The maximum absolute atomic E-state index is 13.3. The van der Waals surface area contributed by atoms with Crippen molar-refractivity contribution in [2.45, 2.75) is 31.8 Å². The van der Waals surface area contributed by atoms with E-state index in [0.29, 0.717) is 5.76 Å². The van der Waals surface area contributed by atoms with Crippen molar-refractivity contribution in [2.75, 3.05) is 6.61 Å². The average Bonchev–Trinajstić information content (AvgIpc) is 2.83. The van der Waals surface area contributed by atoms with Gasteiger partial charge in [-0.1, -0.05) is 0 Å². The molecule has 0 saturated carbocycles. The summed E-state index contributed by atoms with van der Waals surface area (Å²) in [7, 11) is 0. The molecule has 23 heavy (non-hydrogen) atoms. The standard InChI is InChI=1S/C13H15F3N2O5/c1-3-22-10(19)8-9(7-5-4-6(2)23-7)17-11(20)18-12(8,21)13(14,15)16/h4-5,8-9,21H,3H2,1-2H3,(H2,17,18,20)/t8-,9+,12-/m1/s1. The number of furan rings is 1. The fraction of sp³-hybridized carbons (Fsp3) is 0.538. The van der Waals surface area contributed by atoms with Gasteiger partial charge in [0.25, 0.3) is 5.72 Å². The first-order valence-electron chi connectivity index (χ1n) is 6.71. The zero-order valence-electron chi connectivity index (χ0n) is 12.2. The molecule has 2 heterocycles. The van der Waals surface area contributed by atoms with Crippen LogP contribution in [0.4, 0.5) is 18.0 Å². The predicted octanol–water partition coefficient (Wildman–Crippen LogP) is 1.37. The molecule has 128 valence electrons. The van der Waals surface area contributed by atoms with Crippen LogP contribution in [-0.4, -0.2) is 35.6 Å². The molecule has 2 rings (SSSR count). The van der Waals surface area contributed by atoms with Gasteiger partial charge < -0.3 is 24.9 Å². The van der Waals surface area contributed by atoms with Gasteiger partial charge in [-0.15, -0.1) is 0 Å². The summed E-state index contributed by atoms with van der Waals surface area (Å²) in [5, 5.41) is 13.6. The lowest BCUT2D eigenvalue weighted by molar-refractivity contribution is -0.294. The molecule has 2 amide bonds. The van der Waals surface area contributed by atoms with Crippen LogP contribution < -0.4 is 10.6 Å². The second-order valence-electron chi connectivity index (χ2n) is 5.02. The van der Waals surface area contributed by atoms with Gasteiger partial charge in [-0.2, -0.15) is 13.2 Å². The smallest absolute Gasteiger partial charge is 0.437 e. The summed E-state index contributed by atoms with van der Waals surface area (Å²) >= 11 is 0. The third-order valence-corrected chi connectivity index (χ3v) is 3.41. The number of rotatable bonds is 3. The van der Waals surface area contributed by atoms with Crippen molar-refractivity contribution in [3.05, 3.63) is 23.7 Å². The Morgan fingerprint density at radius 1 is 1.48 bits per heavy atom. The molecule has 1 aliphatic rings. The Balaban J connectivity index is 2.53. The van der Waals surface area contributed by atoms with Gasteiger partial charge in [-0.05, 0) is 26.0 Å². The van der Waals surface area contributed by atoms with Crippen LogP contribution in [0.3, 0.4) is 0 Å². The Bertz CT molecular complexity index is 615. The number of esters is 1. The summed E-state index contributed by atoms with van der Waals surface area (Å²) in [6.45, 7) is 2.76. The van der Waals surface area contributed by atoms with Crippen LogP contribution in [0.5, 0.6) is 0 Å². The van der Waals surface area contributed by atoms with E-state index in [1.165, 1.54) is 24.4 Å². The predicted molar refractivity (Wildman–Crippen MR) is 69.0 cm³/mol. The van der Waals surface area contributed by atoms with Gasteiger partial charge in [0.15, 0.2) is 0 Å². The molecule has 3 N–H and O–H groups in total. The summed E-state index contributed by atoms with van der Waals surface area (Å²) < 4.78 is 49.8. The lowest BCUT2D eigenvalue weighted by Crippen LogP contribution is -2.73. The van der Waals surface area contributed by atoms with Crippen LogP contribution in [0, 0.1) is 12.8 Å². The quantitative estimate of drug-likeness (QED) is 0.724. The van der Waals surface area contributed by atoms with Crippen LogP contribution in [0.25, 0.3) is 0 Å². The Morgan fingerprint density at radius 2 is 2.13 bits per heavy atom. The molecule has 0 radical (unpaired) electrons. The van der Waals surface area contributed by atoms with E-state index in [1.54, 1.807) is 6.92 Å². The number of carbonyl (C=O) groups is 2. The van der Waals surface area contributed by atoms with E-state index < -0.39 is 35.9 Å². The summed E-state index contributed by atoms with van der Waals surface area (Å²) in [4.78, 5) is 23.6. The van der Waals surface area contributed by atoms with E-state index in [0.717, 1.165) is 0 Å². The van der Waals surface area contributed by atoms with Crippen LogP contribution in [0.1, 0.15) is 24.5 Å². The van der Waals surface area contributed by atoms with E-state index in [1.807, 2.05) is 0 Å². The molecule has 7 nitrogen and oxygen atoms in total. The maximum Gasteiger partial charge on any atom is 0.437 e. The van der Waals surface area contributed by atoms with Gasteiger partial charge in [-0.25, -0.2) is 4.79 Å². The number of aryl methyl sites for hydroxylation is 1. The Hall–Kier alpha value is -2.23. The first kappa shape index (κ1) is 17.1. The Labute approximate surface area is 128 Å². The highest BCUT2D eigenvalue weighted by molar-refractivity contribution is 5.83. The third-order valence-electron chi connectivity index (χ3n) is 3.41. The van der Waals surface area contributed by atoms with Crippen molar-refractivity contribution in [1.29, 1.82) is 0 Å². The summed E-state index contributed by atoms with van der Waals surface area (Å²) in [6, 6.07) is -0.0555. The molecule has 1 saturated heterocycles. The molecule has 3 atom stereocenters. The minimum Gasteiger partial charge on any atom is -0.466 e. The minimum absolute atomic E-state index is 0.0990. The van der Waals surface area contributed by atoms with E-state index in [9.17, 15) is 27.9 Å². The highest BCUT2D eigenvalue weighted by Gasteiger charge is 2.67. The molecule has 10 heteroatoms. The van der Waals surface area contributed by atoms with E-state index in [4.69, 9.17) is 4.42 Å². The largest absolute Gasteiger partial charge is 0.466 e. The topological polar surface area (TPSA) is 101 Å². The van der Waals surface area contributed by atoms with Crippen molar-refractivity contribution in [1.82, 2.24) is 10.6 Å². The van der Waals surface area contributed by atoms with E-state index in [-0.39, 0.29) is 12.4 Å². The number of urea groups is 1. The van der Waals surface area contributed by atoms with Crippen LogP contribution >= 0.6 is 0 Å². The molecular weight excluding hydrogens is 321 g/mol. The first-order valence-corrected chi connectivity index (χ1v) is 6.71. The monoisotopic (exact) mass is 336 g/mol. The molecule has 0 aliphatic carbocycles. The van der Waals surface area contributed by atoms with Gasteiger partial charge in [0.2, 0.25) is 0 Å². The minimum atomic E-state index is -5.30. The zero-order chi connectivity index (χ0) is 17.4. The van der Waals surface area contributed by atoms with Gasteiger partial charge in [0, 0.05) is 0 Å². The number of halogens is 3. The number of ether oxygens (including phenoxy) is 1. The molecule has 0 aromatic carbocycles. The zero-order valence-corrected chi connectivity index (χ0v) is 12.2. The number of hydrogen-bond donors (Lipinski definition) is 3. The van der Waals surface area contributed by atoms with Gasteiger partial charge in [0.1, 0.15) is 23.5 Å². The van der Waals surface area contributed by atoms with Gasteiger partial charge in [0.05, 0.1) is 6.61 Å². The highest BCUT2D eigenvalue weighted by atomic mass is 19.4. The van der Waals surface area contributed by atoms with Crippen molar-refractivity contribution in [3.63, 3.8) is 0 Å². The van der Waals surface area contributed by atoms with Crippen molar-refractivity contribution in [2.24, 2.45) is 5.92 Å². The number of amides is 2. The second kappa shape index (κ2) is 5.76. The molecule has 1 aromatic rings. The lowest BCUT2D eigenvalue weighted by atomic mass is 9.84. The van der Waals surface area contributed by atoms with Crippen LogP contribution in [0.15, 0.2) is 16.5 Å². The highest BCUT2D eigenvalue weighted by Crippen LogP contribution is 2.43. The van der Waals surface area contributed by atoms with Crippen LogP contribution in [-0.2, 0) is 9.53 Å². The third kappa shape index (κ3) is 2.98. The number of carbonyl (C=O) groups excluding carboxylic acids is 2. The van der Waals surface area contributed by atoms with Crippen LogP contribution in [0.2, 0.25) is 0 Å². The Kier molecular flexibility index (Phi) is 4.29. The van der Waals surface area contributed by atoms with E-state index >= 15 is 0 Å². The molecule has 0 spiro atoms. The second-order valence-corrected chi connectivity index (χ2v) is 5.02.